The van der Waals surface area contributed by atoms with E-state index in [9.17, 15) is 14.7 Å². The fraction of sp³-hybridized carbons (Fsp3) is 0.579. The van der Waals surface area contributed by atoms with Gasteiger partial charge in [0.05, 0.1) is 12.0 Å². The quantitative estimate of drug-likeness (QED) is 0.881. The fourth-order valence-corrected chi connectivity index (χ4v) is 4.40. The molecular weight excluding hydrogens is 322 g/mol. The van der Waals surface area contributed by atoms with E-state index in [2.05, 4.69) is 0 Å². The summed E-state index contributed by atoms with van der Waals surface area (Å²) in [4.78, 5) is 26.9. The number of nitrogens with zero attached hydrogens (tertiary/aromatic N) is 1. The van der Waals surface area contributed by atoms with Gasteiger partial charge in [-0.1, -0.05) is 18.2 Å². The minimum Gasteiger partial charge on any atom is -0.493 e. The van der Waals surface area contributed by atoms with Crippen LogP contribution in [0.25, 0.3) is 0 Å². The Morgan fingerprint density at radius 2 is 1.96 bits per heavy atom. The molecule has 0 aliphatic carbocycles. The molecule has 0 unspecified atom stereocenters. The number of hydrogen-bond donors (Lipinski definition) is 1. The SMILES string of the molecule is O=C(C1CCOCC1)N1C[C@@H]2COc3ccccc3C[C@]2(C(=O)O)C1. The number of carboxylic acid groups (broad SMARTS) is 1. The molecule has 1 aromatic carbocycles. The Kier molecular flexibility index (Phi) is 4.15. The predicted octanol–water partition coefficient (Wildman–Crippen LogP) is 1.58. The van der Waals surface area contributed by atoms with Gasteiger partial charge in [0.2, 0.25) is 5.91 Å². The van der Waals surface area contributed by atoms with E-state index in [4.69, 9.17) is 9.47 Å². The van der Waals surface area contributed by atoms with E-state index in [-0.39, 0.29) is 24.3 Å². The van der Waals surface area contributed by atoms with Gasteiger partial charge in [0, 0.05) is 38.1 Å². The molecule has 6 heteroatoms. The monoisotopic (exact) mass is 345 g/mol. The first-order chi connectivity index (χ1) is 12.1. The lowest BCUT2D eigenvalue weighted by molar-refractivity contribution is -0.151. The molecule has 3 aliphatic heterocycles. The maximum atomic E-state index is 12.9. The van der Waals surface area contributed by atoms with Crippen molar-refractivity contribution >= 4 is 11.9 Å². The molecule has 25 heavy (non-hydrogen) atoms. The minimum absolute atomic E-state index is 0.0462. The molecule has 0 aromatic heterocycles. The topological polar surface area (TPSA) is 76.1 Å². The van der Waals surface area contributed by atoms with E-state index in [1.807, 2.05) is 24.3 Å². The van der Waals surface area contributed by atoms with E-state index in [0.717, 1.165) is 24.2 Å². The van der Waals surface area contributed by atoms with Gasteiger partial charge < -0.3 is 19.5 Å². The highest BCUT2D eigenvalue weighted by molar-refractivity contribution is 5.83. The van der Waals surface area contributed by atoms with Crippen molar-refractivity contribution in [2.24, 2.45) is 17.3 Å². The number of carbonyl (C=O) groups excluding carboxylic acids is 1. The van der Waals surface area contributed by atoms with E-state index in [0.29, 0.717) is 32.8 Å². The Hall–Kier alpha value is -2.08. The number of para-hydroxylation sites is 1. The second-order valence-electron chi connectivity index (χ2n) is 7.36. The number of fused-ring (bicyclic) bond motifs is 2. The van der Waals surface area contributed by atoms with Crippen LogP contribution in [0.15, 0.2) is 24.3 Å². The summed E-state index contributed by atoms with van der Waals surface area (Å²) in [5, 5.41) is 10.0. The Balaban J connectivity index is 1.60. The Morgan fingerprint density at radius 3 is 2.72 bits per heavy atom. The molecule has 2 fully saturated rings. The van der Waals surface area contributed by atoms with Crippen LogP contribution in [0.4, 0.5) is 0 Å². The highest BCUT2D eigenvalue weighted by Gasteiger charge is 2.55. The molecule has 2 saturated heterocycles. The molecule has 2 atom stereocenters. The van der Waals surface area contributed by atoms with E-state index >= 15 is 0 Å². The van der Waals surface area contributed by atoms with Crippen molar-refractivity contribution in [3.63, 3.8) is 0 Å². The molecular formula is C19H23NO5. The van der Waals surface area contributed by atoms with Gasteiger partial charge in [-0.15, -0.1) is 0 Å². The summed E-state index contributed by atoms with van der Waals surface area (Å²) in [7, 11) is 0. The molecule has 0 saturated carbocycles. The molecule has 6 nitrogen and oxygen atoms in total. The molecule has 3 aliphatic rings. The number of hydrogen-bond acceptors (Lipinski definition) is 4. The summed E-state index contributed by atoms with van der Waals surface area (Å²) >= 11 is 0. The van der Waals surface area contributed by atoms with Crippen LogP contribution in [0.3, 0.4) is 0 Å². The van der Waals surface area contributed by atoms with Crippen molar-refractivity contribution in [3.05, 3.63) is 29.8 Å². The zero-order chi connectivity index (χ0) is 17.4. The minimum atomic E-state index is -0.965. The Labute approximate surface area is 146 Å². The summed E-state index contributed by atoms with van der Waals surface area (Å²) in [6, 6.07) is 7.61. The summed E-state index contributed by atoms with van der Waals surface area (Å²) in [5.74, 6) is -0.235. The summed E-state index contributed by atoms with van der Waals surface area (Å²) in [6.07, 6.45) is 1.85. The number of benzene rings is 1. The van der Waals surface area contributed by atoms with Crippen molar-refractivity contribution in [1.29, 1.82) is 0 Å². The van der Waals surface area contributed by atoms with Crippen LogP contribution in [0.2, 0.25) is 0 Å². The van der Waals surface area contributed by atoms with Gasteiger partial charge in [0.25, 0.3) is 0 Å². The van der Waals surface area contributed by atoms with Crippen molar-refractivity contribution < 1.29 is 24.2 Å². The van der Waals surface area contributed by atoms with Crippen LogP contribution in [-0.4, -0.2) is 54.8 Å². The van der Waals surface area contributed by atoms with E-state index < -0.39 is 11.4 Å². The molecule has 4 rings (SSSR count). The van der Waals surface area contributed by atoms with E-state index in [1.54, 1.807) is 4.90 Å². The van der Waals surface area contributed by atoms with Gasteiger partial charge in [-0.25, -0.2) is 0 Å². The summed E-state index contributed by atoms with van der Waals surface area (Å²) in [5.41, 5.74) is -0.0549. The highest BCUT2D eigenvalue weighted by atomic mass is 16.5. The lowest BCUT2D eigenvalue weighted by Crippen LogP contribution is -2.43. The molecule has 134 valence electrons. The first-order valence-electron chi connectivity index (χ1n) is 8.91. The van der Waals surface area contributed by atoms with Gasteiger partial charge >= 0.3 is 5.97 Å². The number of carbonyl (C=O) groups is 2. The number of aliphatic carboxylic acids is 1. The second-order valence-corrected chi connectivity index (χ2v) is 7.36. The van der Waals surface area contributed by atoms with Gasteiger partial charge in [-0.2, -0.15) is 0 Å². The smallest absolute Gasteiger partial charge is 0.312 e. The van der Waals surface area contributed by atoms with Crippen LogP contribution >= 0.6 is 0 Å². The number of rotatable bonds is 2. The van der Waals surface area contributed by atoms with Gasteiger partial charge in [-0.3, -0.25) is 9.59 Å². The lowest BCUT2D eigenvalue weighted by Gasteiger charge is -2.29. The largest absolute Gasteiger partial charge is 0.493 e. The fourth-order valence-electron chi connectivity index (χ4n) is 4.40. The van der Waals surface area contributed by atoms with Crippen LogP contribution in [0, 0.1) is 17.3 Å². The van der Waals surface area contributed by atoms with Crippen LogP contribution in [0.1, 0.15) is 18.4 Å². The molecule has 0 radical (unpaired) electrons. The van der Waals surface area contributed by atoms with Crippen molar-refractivity contribution in [2.75, 3.05) is 32.9 Å². The lowest BCUT2D eigenvalue weighted by atomic mass is 9.74. The average Bonchev–Trinajstić information content (AvgIpc) is 2.93. The first kappa shape index (κ1) is 16.4. The Morgan fingerprint density at radius 1 is 1.20 bits per heavy atom. The summed E-state index contributed by atoms with van der Waals surface area (Å²) < 4.78 is 11.2. The normalized spacial score (nSPS) is 29.3. The molecule has 0 spiro atoms. The van der Waals surface area contributed by atoms with E-state index in [1.165, 1.54) is 0 Å². The maximum Gasteiger partial charge on any atom is 0.312 e. The standard InChI is InChI=1S/C19H23NO5/c21-17(13-5-7-24-8-6-13)20-10-15-11-25-16-4-2-1-3-14(16)9-19(15,12-20)18(22)23/h1-4,13,15H,5-12H2,(H,22,23)/t15-,19+/m1/s1. The van der Waals surface area contributed by atoms with Crippen molar-refractivity contribution in [2.45, 2.75) is 19.3 Å². The number of carboxylic acids is 1. The van der Waals surface area contributed by atoms with Gasteiger partial charge in [0.15, 0.2) is 0 Å². The molecule has 1 aromatic rings. The number of ether oxygens (including phenoxy) is 2. The zero-order valence-electron chi connectivity index (χ0n) is 14.1. The number of amides is 1. The molecule has 3 heterocycles. The Bertz CT molecular complexity index is 684. The zero-order valence-corrected chi connectivity index (χ0v) is 14.1. The number of likely N-dealkylation sites (tertiary alicyclic amines) is 1. The molecule has 1 N–H and O–H groups in total. The second kappa shape index (κ2) is 6.33. The van der Waals surface area contributed by atoms with Gasteiger partial charge in [-0.05, 0) is 30.9 Å². The van der Waals surface area contributed by atoms with Crippen molar-refractivity contribution in [1.82, 2.24) is 4.90 Å². The van der Waals surface area contributed by atoms with Gasteiger partial charge in [0.1, 0.15) is 5.75 Å². The van der Waals surface area contributed by atoms with Crippen LogP contribution < -0.4 is 4.74 Å². The molecule has 1 amide bonds. The molecule has 0 bridgehead atoms. The van der Waals surface area contributed by atoms with Crippen LogP contribution in [-0.2, 0) is 20.7 Å². The third kappa shape index (κ3) is 2.78. The maximum absolute atomic E-state index is 12.9. The van der Waals surface area contributed by atoms with Crippen LogP contribution in [0.5, 0.6) is 5.75 Å². The highest BCUT2D eigenvalue weighted by Crippen LogP contribution is 2.44. The summed E-state index contributed by atoms with van der Waals surface area (Å²) in [6.45, 7) is 2.26. The average molecular weight is 345 g/mol. The first-order valence-corrected chi connectivity index (χ1v) is 8.91. The predicted molar refractivity (Wildman–Crippen MR) is 89.3 cm³/mol. The van der Waals surface area contributed by atoms with Crippen molar-refractivity contribution in [3.8, 4) is 5.75 Å². The third-order valence-electron chi connectivity index (χ3n) is 5.92. The third-order valence-corrected chi connectivity index (χ3v) is 5.92.